The van der Waals surface area contributed by atoms with Crippen molar-refractivity contribution in [3.8, 4) is 5.75 Å². The molecule has 4 aromatic rings. The number of likely N-dealkylation sites (tertiary alicyclic amines) is 1. The van der Waals surface area contributed by atoms with Crippen LogP contribution in [-0.4, -0.2) is 63.9 Å². The fraction of sp³-hybridized carbons (Fsp3) is 0.355. The molecule has 0 bridgehead atoms. The summed E-state index contributed by atoms with van der Waals surface area (Å²) >= 11 is 0. The van der Waals surface area contributed by atoms with Gasteiger partial charge < -0.3 is 30.2 Å². The minimum Gasteiger partial charge on any atom is -0.497 e. The molecule has 41 heavy (non-hydrogen) atoms. The lowest BCUT2D eigenvalue weighted by Crippen LogP contribution is -2.51. The molecule has 4 N–H and O–H groups in total. The molecule has 2 amide bonds. The molecule has 0 saturated carbocycles. The Kier molecular flexibility index (Phi) is 7.56. The van der Waals surface area contributed by atoms with Crippen LogP contribution in [0.25, 0.3) is 10.9 Å². The van der Waals surface area contributed by atoms with Crippen LogP contribution in [0.2, 0.25) is 0 Å². The van der Waals surface area contributed by atoms with Crippen molar-refractivity contribution < 1.29 is 14.3 Å². The Morgan fingerprint density at radius 1 is 1.15 bits per heavy atom. The van der Waals surface area contributed by atoms with Crippen molar-refractivity contribution in [2.75, 3.05) is 20.2 Å². The summed E-state index contributed by atoms with van der Waals surface area (Å²) in [5.74, 6) is 0.614. The Morgan fingerprint density at radius 3 is 2.78 bits per heavy atom. The molecule has 0 aliphatic carbocycles. The predicted octanol–water partition coefficient (Wildman–Crippen LogP) is 2.48. The second kappa shape index (κ2) is 11.6. The maximum atomic E-state index is 13.9. The summed E-state index contributed by atoms with van der Waals surface area (Å²) in [6.07, 6.45) is 6.97. The highest BCUT2D eigenvalue weighted by Crippen LogP contribution is 2.31. The maximum Gasteiger partial charge on any atom is 0.251 e. The first-order valence-electron chi connectivity index (χ1n) is 14.0. The summed E-state index contributed by atoms with van der Waals surface area (Å²) in [4.78, 5) is 51.7. The molecule has 6 rings (SSSR count). The number of rotatable bonds is 8. The van der Waals surface area contributed by atoms with Gasteiger partial charge in [-0.2, -0.15) is 0 Å². The smallest absolute Gasteiger partial charge is 0.251 e. The lowest BCUT2D eigenvalue weighted by Gasteiger charge is -2.27. The van der Waals surface area contributed by atoms with Gasteiger partial charge in [0.05, 0.1) is 19.7 Å². The molecule has 3 aromatic heterocycles. The Hall–Kier alpha value is -4.44. The number of hydrogen-bond acceptors (Lipinski definition) is 6. The minimum absolute atomic E-state index is 0.0598. The number of H-pyrrole nitrogens is 2. The van der Waals surface area contributed by atoms with Crippen molar-refractivity contribution in [1.82, 2.24) is 30.5 Å². The molecule has 2 saturated heterocycles. The summed E-state index contributed by atoms with van der Waals surface area (Å²) in [5.41, 5.74) is 3.52. The van der Waals surface area contributed by atoms with E-state index in [9.17, 15) is 14.4 Å². The predicted molar refractivity (Wildman–Crippen MR) is 154 cm³/mol. The number of nitrogens with one attached hydrogen (secondary N) is 4. The normalized spacial score (nSPS) is 22.2. The molecule has 10 heteroatoms. The van der Waals surface area contributed by atoms with Crippen molar-refractivity contribution in [2.45, 2.75) is 43.8 Å². The fourth-order valence-corrected chi connectivity index (χ4v) is 6.20. The second-order valence-electron chi connectivity index (χ2n) is 11.0. The van der Waals surface area contributed by atoms with Gasteiger partial charge in [0.1, 0.15) is 11.8 Å². The van der Waals surface area contributed by atoms with E-state index in [1.54, 1.807) is 36.7 Å². The molecule has 2 aliphatic rings. The molecule has 0 radical (unpaired) electrons. The fourth-order valence-electron chi connectivity index (χ4n) is 6.20. The van der Waals surface area contributed by atoms with E-state index in [0.717, 1.165) is 34.3 Å². The average molecular weight is 555 g/mol. The van der Waals surface area contributed by atoms with Gasteiger partial charge in [0.2, 0.25) is 11.8 Å². The summed E-state index contributed by atoms with van der Waals surface area (Å²) < 4.78 is 5.28. The number of pyridine rings is 2. The van der Waals surface area contributed by atoms with E-state index in [4.69, 9.17) is 4.74 Å². The van der Waals surface area contributed by atoms with Gasteiger partial charge in [-0.05, 0) is 61.1 Å². The van der Waals surface area contributed by atoms with E-state index >= 15 is 0 Å². The first kappa shape index (κ1) is 26.8. The Labute approximate surface area is 237 Å². The van der Waals surface area contributed by atoms with Crippen LogP contribution in [0, 0.1) is 5.92 Å². The van der Waals surface area contributed by atoms with Crippen molar-refractivity contribution in [3.05, 3.63) is 94.3 Å². The van der Waals surface area contributed by atoms with Crippen LogP contribution in [0.4, 0.5) is 0 Å². The molecule has 1 aromatic carbocycles. The van der Waals surface area contributed by atoms with E-state index in [1.165, 1.54) is 0 Å². The number of fused-ring (bicyclic) bond motifs is 1. The zero-order valence-corrected chi connectivity index (χ0v) is 22.9. The number of carbonyl (C=O) groups is 2. The van der Waals surface area contributed by atoms with Crippen molar-refractivity contribution in [1.29, 1.82) is 0 Å². The van der Waals surface area contributed by atoms with E-state index in [2.05, 4.69) is 25.6 Å². The zero-order chi connectivity index (χ0) is 28.3. The van der Waals surface area contributed by atoms with Gasteiger partial charge in [0.25, 0.3) is 5.56 Å². The summed E-state index contributed by atoms with van der Waals surface area (Å²) in [5, 5.41) is 7.35. The van der Waals surface area contributed by atoms with Crippen molar-refractivity contribution in [2.24, 2.45) is 5.92 Å². The number of hydrogen-bond donors (Lipinski definition) is 4. The standard InChI is InChI=1S/C31H34N6O4/c1-41-24-6-4-19(5-7-24)11-20-12-28(30(39)35-17-23-13-22-15-32-10-8-26(22)36-23)37(18-20)31(40)27-14-21(16-34-27)25-3-2-9-33-29(25)38/h2-10,13,15,20-21,27-28,34,36H,11-12,14,16-18H2,1H3,(H,33,38)(H,35,39)/t20-,21-,27?,28+/m1/s1. The van der Waals surface area contributed by atoms with Crippen LogP contribution in [0.3, 0.4) is 0 Å². The number of carbonyl (C=O) groups excluding carboxylic acids is 2. The molecular weight excluding hydrogens is 520 g/mol. The van der Waals surface area contributed by atoms with Crippen LogP contribution in [0.5, 0.6) is 5.75 Å². The van der Waals surface area contributed by atoms with Crippen LogP contribution in [0.15, 0.2) is 71.9 Å². The highest BCUT2D eigenvalue weighted by atomic mass is 16.5. The average Bonchev–Trinajstić information content (AvgIpc) is 3.75. The highest BCUT2D eigenvalue weighted by Gasteiger charge is 2.43. The Morgan fingerprint density at radius 2 is 2.00 bits per heavy atom. The number of aromatic amines is 2. The van der Waals surface area contributed by atoms with Gasteiger partial charge in [0.15, 0.2) is 0 Å². The van der Waals surface area contributed by atoms with Gasteiger partial charge in [-0.3, -0.25) is 19.4 Å². The molecule has 5 heterocycles. The number of ether oxygens (including phenoxy) is 1. The quantitative estimate of drug-likeness (QED) is 0.265. The second-order valence-corrected chi connectivity index (χ2v) is 11.0. The van der Waals surface area contributed by atoms with Crippen molar-refractivity contribution >= 4 is 22.7 Å². The number of aromatic nitrogens is 3. The monoisotopic (exact) mass is 554 g/mol. The third-order valence-electron chi connectivity index (χ3n) is 8.30. The molecule has 4 atom stereocenters. The Balaban J connectivity index is 1.17. The molecule has 1 unspecified atom stereocenters. The number of benzene rings is 1. The summed E-state index contributed by atoms with van der Waals surface area (Å²) in [7, 11) is 1.64. The third kappa shape index (κ3) is 5.74. The number of amides is 2. The van der Waals surface area contributed by atoms with Crippen LogP contribution < -0.4 is 20.9 Å². The molecule has 10 nitrogen and oxygen atoms in total. The first-order chi connectivity index (χ1) is 20.0. The molecule has 212 valence electrons. The lowest BCUT2D eigenvalue weighted by atomic mass is 9.96. The first-order valence-corrected chi connectivity index (χ1v) is 14.0. The zero-order valence-electron chi connectivity index (χ0n) is 22.9. The summed E-state index contributed by atoms with van der Waals surface area (Å²) in [6.45, 7) is 1.37. The van der Waals surface area contributed by atoms with Gasteiger partial charge >= 0.3 is 0 Å². The topological polar surface area (TPSA) is 132 Å². The molecule has 2 fully saturated rings. The number of nitrogens with zero attached hydrogens (tertiary/aromatic N) is 2. The molecular formula is C31H34N6O4. The number of methoxy groups -OCH3 is 1. The van der Waals surface area contributed by atoms with Crippen LogP contribution in [0.1, 0.15) is 35.6 Å². The van der Waals surface area contributed by atoms with Gasteiger partial charge in [-0.25, -0.2) is 0 Å². The van der Waals surface area contributed by atoms with E-state index < -0.39 is 12.1 Å². The Bertz CT molecular complexity index is 1560. The van der Waals surface area contributed by atoms with E-state index in [1.807, 2.05) is 42.5 Å². The maximum absolute atomic E-state index is 13.9. The van der Waals surface area contributed by atoms with E-state index in [0.29, 0.717) is 38.0 Å². The summed E-state index contributed by atoms with van der Waals surface area (Å²) in [6, 6.07) is 14.4. The van der Waals surface area contributed by atoms with Gasteiger partial charge in [0, 0.05) is 59.8 Å². The van der Waals surface area contributed by atoms with Gasteiger partial charge in [-0.1, -0.05) is 18.2 Å². The minimum atomic E-state index is -0.572. The third-order valence-corrected chi connectivity index (χ3v) is 8.30. The van der Waals surface area contributed by atoms with Gasteiger partial charge in [-0.15, -0.1) is 0 Å². The molecule has 0 spiro atoms. The van der Waals surface area contributed by atoms with Crippen LogP contribution in [-0.2, 0) is 22.6 Å². The van der Waals surface area contributed by atoms with Crippen LogP contribution >= 0.6 is 0 Å². The highest BCUT2D eigenvalue weighted by molar-refractivity contribution is 5.91. The largest absolute Gasteiger partial charge is 0.497 e. The van der Waals surface area contributed by atoms with E-state index in [-0.39, 0.29) is 29.2 Å². The lowest BCUT2D eigenvalue weighted by molar-refractivity contribution is -0.139. The van der Waals surface area contributed by atoms with Crippen molar-refractivity contribution in [3.63, 3.8) is 0 Å². The SMILES string of the molecule is COc1ccc(C[C@@H]2C[C@@H](C(=O)NCc3cc4cnccc4[nH]3)N(C(=O)C3C[C@@H](c4ccc[nH]c4=O)CN3)C2)cc1. The molecule has 2 aliphatic heterocycles.